The molecule has 0 unspecified atom stereocenters. The number of anilines is 3. The highest BCUT2D eigenvalue weighted by atomic mass is 15.2. The molecule has 2 aliphatic heterocycles. The standard InChI is InChI=1S/C62H47N3.C2H6/c1-61(2)52-38-44(41-18-10-6-11-19-41)27-32-56(52)64(48-29-24-42(25-30-48)40-16-8-5-9-17-40)57-33-28-45(39-53(57)61)43-26-31-54-49(36-43)50-37-46-34-35-63-55-23-15-14-22-51(55)62(3,4)58(59(46)63)60(50)65(54)47-20-12-7-13-21-47;1-2/h5-39H,1-4H3;1-2H3. The molecule has 11 aromatic rings. The molecule has 0 amide bonds. The Morgan fingerprint density at radius 1 is 0.358 bits per heavy atom. The van der Waals surface area contributed by atoms with Crippen LogP contribution in [0, 0.1) is 0 Å². The summed E-state index contributed by atoms with van der Waals surface area (Å²) < 4.78 is 4.94. The molecule has 9 aromatic carbocycles. The number of benzene rings is 9. The van der Waals surface area contributed by atoms with Gasteiger partial charge in [0, 0.05) is 55.8 Å². The third-order valence-electron chi connectivity index (χ3n) is 14.7. The Balaban J connectivity index is 0.00000231. The number of rotatable bonds is 5. The summed E-state index contributed by atoms with van der Waals surface area (Å²) in [6.07, 6.45) is 2.26. The molecule has 67 heavy (non-hydrogen) atoms. The van der Waals surface area contributed by atoms with Crippen molar-refractivity contribution in [3.63, 3.8) is 0 Å². The molecule has 324 valence electrons. The molecule has 0 spiro atoms. The van der Waals surface area contributed by atoms with Gasteiger partial charge in [-0.2, -0.15) is 0 Å². The lowest BCUT2D eigenvalue weighted by atomic mass is 9.72. The summed E-state index contributed by atoms with van der Waals surface area (Å²) in [4.78, 5) is 2.47. The summed E-state index contributed by atoms with van der Waals surface area (Å²) >= 11 is 0. The zero-order valence-corrected chi connectivity index (χ0v) is 39.0. The van der Waals surface area contributed by atoms with Gasteiger partial charge in [0.2, 0.25) is 0 Å². The van der Waals surface area contributed by atoms with Crippen LogP contribution < -0.4 is 4.90 Å². The van der Waals surface area contributed by atoms with Gasteiger partial charge in [0.25, 0.3) is 0 Å². The van der Waals surface area contributed by atoms with Crippen LogP contribution in [0.15, 0.2) is 212 Å². The van der Waals surface area contributed by atoms with Crippen molar-refractivity contribution in [2.45, 2.75) is 52.4 Å². The number of nitrogens with zero attached hydrogens (tertiary/aromatic N) is 3. The number of aromatic nitrogens is 2. The van der Waals surface area contributed by atoms with E-state index in [1.165, 1.54) is 111 Å². The minimum Gasteiger partial charge on any atom is -0.316 e. The highest BCUT2D eigenvalue weighted by Gasteiger charge is 2.39. The van der Waals surface area contributed by atoms with E-state index in [2.05, 4.69) is 254 Å². The Morgan fingerprint density at radius 2 is 0.881 bits per heavy atom. The first kappa shape index (κ1) is 40.6. The molecule has 2 aromatic heterocycles. The van der Waals surface area contributed by atoms with Crippen molar-refractivity contribution >= 4 is 49.8 Å². The number of para-hydroxylation sites is 2. The van der Waals surface area contributed by atoms with Crippen LogP contribution in [0.4, 0.5) is 17.1 Å². The predicted octanol–water partition coefficient (Wildman–Crippen LogP) is 17.5. The molecule has 2 aliphatic rings. The second-order valence-electron chi connectivity index (χ2n) is 19.0. The summed E-state index contributed by atoms with van der Waals surface area (Å²) in [5, 5.41) is 3.81. The molecule has 13 rings (SSSR count). The van der Waals surface area contributed by atoms with E-state index in [9.17, 15) is 0 Å². The first-order valence-corrected chi connectivity index (χ1v) is 23.8. The first-order chi connectivity index (χ1) is 32.8. The summed E-state index contributed by atoms with van der Waals surface area (Å²) in [6.45, 7) is 13.6. The summed E-state index contributed by atoms with van der Waals surface area (Å²) in [5.41, 5.74) is 21.9. The van der Waals surface area contributed by atoms with Crippen molar-refractivity contribution < 1.29 is 0 Å². The van der Waals surface area contributed by atoms with Crippen LogP contribution in [0.1, 0.15) is 63.8 Å². The van der Waals surface area contributed by atoms with Gasteiger partial charge in [0.15, 0.2) is 0 Å². The molecule has 0 saturated carbocycles. The molecule has 3 heteroatoms. The molecular formula is C64H53N3. The van der Waals surface area contributed by atoms with Gasteiger partial charge in [-0.1, -0.05) is 169 Å². The van der Waals surface area contributed by atoms with E-state index >= 15 is 0 Å². The zero-order valence-electron chi connectivity index (χ0n) is 39.0. The Bertz CT molecular complexity index is 3680. The number of hydrogen-bond acceptors (Lipinski definition) is 1. The lowest BCUT2D eigenvalue weighted by Gasteiger charge is -2.42. The molecule has 0 fully saturated rings. The Labute approximate surface area is 393 Å². The molecule has 0 N–H and O–H groups in total. The van der Waals surface area contributed by atoms with Crippen molar-refractivity contribution in [3.05, 3.63) is 235 Å². The van der Waals surface area contributed by atoms with Crippen LogP contribution in [0.3, 0.4) is 0 Å². The van der Waals surface area contributed by atoms with Gasteiger partial charge in [-0.25, -0.2) is 0 Å². The minimum absolute atomic E-state index is 0.235. The van der Waals surface area contributed by atoms with Gasteiger partial charge in [0.1, 0.15) is 0 Å². The maximum Gasteiger partial charge on any atom is 0.0603 e. The summed E-state index contributed by atoms with van der Waals surface area (Å²) in [7, 11) is 0. The predicted molar refractivity (Wildman–Crippen MR) is 284 cm³/mol. The molecule has 0 radical (unpaired) electrons. The average Bonchev–Trinajstić information content (AvgIpc) is 3.96. The molecule has 0 saturated heterocycles. The normalized spacial score (nSPS) is 14.0. The fourth-order valence-electron chi connectivity index (χ4n) is 11.4. The first-order valence-electron chi connectivity index (χ1n) is 23.8. The third-order valence-corrected chi connectivity index (χ3v) is 14.7. The van der Waals surface area contributed by atoms with Gasteiger partial charge in [-0.3, -0.25) is 0 Å². The quantitative estimate of drug-likeness (QED) is 0.168. The van der Waals surface area contributed by atoms with Gasteiger partial charge in [-0.15, -0.1) is 0 Å². The Kier molecular flexibility index (Phi) is 9.31. The molecule has 4 heterocycles. The van der Waals surface area contributed by atoms with Crippen molar-refractivity contribution in [2.75, 3.05) is 4.90 Å². The maximum atomic E-state index is 2.52. The van der Waals surface area contributed by atoms with Gasteiger partial charge in [-0.05, 0) is 129 Å². The fraction of sp³-hybridized carbons (Fsp3) is 0.125. The second kappa shape index (κ2) is 15.4. The van der Waals surface area contributed by atoms with E-state index in [4.69, 9.17) is 0 Å². The van der Waals surface area contributed by atoms with E-state index in [0.717, 1.165) is 5.69 Å². The number of hydrogen-bond donors (Lipinski definition) is 0. The van der Waals surface area contributed by atoms with E-state index in [1.807, 2.05) is 13.8 Å². The smallest absolute Gasteiger partial charge is 0.0603 e. The van der Waals surface area contributed by atoms with Gasteiger partial charge < -0.3 is 14.0 Å². The topological polar surface area (TPSA) is 13.1 Å². The lowest BCUT2D eigenvalue weighted by Crippen LogP contribution is -2.30. The minimum atomic E-state index is -0.289. The second-order valence-corrected chi connectivity index (χ2v) is 19.0. The van der Waals surface area contributed by atoms with E-state index in [0.29, 0.717) is 0 Å². The maximum absolute atomic E-state index is 2.52. The van der Waals surface area contributed by atoms with E-state index < -0.39 is 0 Å². The third kappa shape index (κ3) is 6.11. The van der Waals surface area contributed by atoms with Crippen molar-refractivity contribution in [1.82, 2.24) is 9.13 Å². The monoisotopic (exact) mass is 863 g/mol. The molecule has 0 atom stereocenters. The van der Waals surface area contributed by atoms with Crippen molar-refractivity contribution in [1.29, 1.82) is 0 Å². The van der Waals surface area contributed by atoms with Gasteiger partial charge >= 0.3 is 0 Å². The van der Waals surface area contributed by atoms with Crippen molar-refractivity contribution in [3.8, 4) is 44.8 Å². The fourth-order valence-corrected chi connectivity index (χ4v) is 11.4. The van der Waals surface area contributed by atoms with Crippen molar-refractivity contribution in [2.24, 2.45) is 0 Å². The summed E-state index contributed by atoms with van der Waals surface area (Å²) in [5.74, 6) is 0. The molecule has 0 aliphatic carbocycles. The highest BCUT2D eigenvalue weighted by Crippen LogP contribution is 2.55. The Morgan fingerprint density at radius 3 is 1.54 bits per heavy atom. The molecule has 3 nitrogen and oxygen atoms in total. The Hall–Kier alpha value is -7.88. The lowest BCUT2D eigenvalue weighted by molar-refractivity contribution is 0.632. The van der Waals surface area contributed by atoms with Crippen LogP contribution in [0.2, 0.25) is 0 Å². The number of fused-ring (bicyclic) bond motifs is 8. The zero-order chi connectivity index (χ0) is 45.6. The van der Waals surface area contributed by atoms with Gasteiger partial charge in [0.05, 0.1) is 27.9 Å². The largest absolute Gasteiger partial charge is 0.316 e. The van der Waals surface area contributed by atoms with Crippen LogP contribution in [-0.4, -0.2) is 9.13 Å². The summed E-state index contributed by atoms with van der Waals surface area (Å²) in [6, 6.07) is 76.5. The average molecular weight is 864 g/mol. The highest BCUT2D eigenvalue weighted by molar-refractivity contribution is 6.17. The van der Waals surface area contributed by atoms with Crippen LogP contribution >= 0.6 is 0 Å². The molecule has 0 bridgehead atoms. The van der Waals surface area contributed by atoms with Crippen LogP contribution in [-0.2, 0) is 10.8 Å². The van der Waals surface area contributed by atoms with Crippen LogP contribution in [0.25, 0.3) is 77.5 Å². The van der Waals surface area contributed by atoms with E-state index in [-0.39, 0.29) is 10.8 Å². The SMILES string of the molecule is CC.CC1(C)c2cc(-c3ccccc3)ccc2N(c2ccc(-c3ccccc3)cc2)c2ccc(-c3ccc4c(c3)c3cc5ccn6c5c(c3n4-c3ccccc3)C(C)(C)c3ccccc3-6)cc21. The van der Waals surface area contributed by atoms with E-state index in [1.54, 1.807) is 0 Å². The van der Waals surface area contributed by atoms with Crippen LogP contribution in [0.5, 0.6) is 0 Å². The molecular weight excluding hydrogens is 811 g/mol.